The van der Waals surface area contributed by atoms with Crippen molar-refractivity contribution in [3.63, 3.8) is 0 Å². The van der Waals surface area contributed by atoms with Gasteiger partial charge in [-0.1, -0.05) is 12.8 Å². The SMILES string of the molecule is CC(CCCO)NC1CCCCC1CN. The quantitative estimate of drug-likeness (QED) is 0.624. The van der Waals surface area contributed by atoms with Crippen LogP contribution in [0.15, 0.2) is 0 Å². The van der Waals surface area contributed by atoms with Crippen LogP contribution < -0.4 is 11.1 Å². The highest BCUT2D eigenvalue weighted by Crippen LogP contribution is 2.24. The van der Waals surface area contributed by atoms with Crippen LogP contribution in [-0.2, 0) is 0 Å². The van der Waals surface area contributed by atoms with E-state index in [1.807, 2.05) is 0 Å². The first-order valence-electron chi connectivity index (χ1n) is 6.35. The summed E-state index contributed by atoms with van der Waals surface area (Å²) in [6.07, 6.45) is 7.18. The first kappa shape index (κ1) is 12.9. The van der Waals surface area contributed by atoms with Crippen LogP contribution in [0.4, 0.5) is 0 Å². The van der Waals surface area contributed by atoms with Gasteiger partial charge < -0.3 is 16.2 Å². The third kappa shape index (κ3) is 4.49. The van der Waals surface area contributed by atoms with Gasteiger partial charge >= 0.3 is 0 Å². The maximum absolute atomic E-state index is 8.77. The molecule has 1 aliphatic rings. The molecule has 0 aromatic carbocycles. The number of nitrogens with one attached hydrogen (secondary N) is 1. The van der Waals surface area contributed by atoms with Gasteiger partial charge in [-0.3, -0.25) is 0 Å². The van der Waals surface area contributed by atoms with Crippen molar-refractivity contribution >= 4 is 0 Å². The number of rotatable bonds is 6. The van der Waals surface area contributed by atoms with Crippen molar-refractivity contribution in [1.82, 2.24) is 5.32 Å². The predicted octanol–water partition coefficient (Wildman–Crippen LogP) is 1.25. The van der Waals surface area contributed by atoms with Gasteiger partial charge in [0.15, 0.2) is 0 Å². The minimum absolute atomic E-state index is 0.303. The van der Waals surface area contributed by atoms with Gasteiger partial charge in [0.25, 0.3) is 0 Å². The van der Waals surface area contributed by atoms with Gasteiger partial charge in [-0.2, -0.15) is 0 Å². The summed E-state index contributed by atoms with van der Waals surface area (Å²) < 4.78 is 0. The Balaban J connectivity index is 2.27. The molecule has 0 radical (unpaired) electrons. The van der Waals surface area contributed by atoms with E-state index in [1.54, 1.807) is 0 Å². The molecule has 15 heavy (non-hydrogen) atoms. The summed E-state index contributed by atoms with van der Waals surface area (Å²) in [5, 5.41) is 12.4. The Morgan fingerprint density at radius 2 is 2.13 bits per heavy atom. The van der Waals surface area contributed by atoms with Crippen molar-refractivity contribution in [3.05, 3.63) is 0 Å². The Bertz CT molecular complexity index is 164. The predicted molar refractivity (Wildman–Crippen MR) is 63.7 cm³/mol. The number of aliphatic hydroxyl groups excluding tert-OH is 1. The smallest absolute Gasteiger partial charge is 0.0431 e. The molecular weight excluding hydrogens is 188 g/mol. The Hall–Kier alpha value is -0.120. The number of nitrogens with two attached hydrogens (primary N) is 1. The third-order valence-electron chi connectivity index (χ3n) is 3.51. The van der Waals surface area contributed by atoms with Crippen LogP contribution in [0.3, 0.4) is 0 Å². The van der Waals surface area contributed by atoms with E-state index >= 15 is 0 Å². The van der Waals surface area contributed by atoms with Crippen LogP contribution in [0.25, 0.3) is 0 Å². The van der Waals surface area contributed by atoms with Gasteiger partial charge in [-0.25, -0.2) is 0 Å². The van der Waals surface area contributed by atoms with Crippen molar-refractivity contribution in [3.8, 4) is 0 Å². The largest absolute Gasteiger partial charge is 0.396 e. The van der Waals surface area contributed by atoms with Crippen LogP contribution in [0, 0.1) is 5.92 Å². The van der Waals surface area contributed by atoms with Crippen LogP contribution >= 0.6 is 0 Å². The minimum Gasteiger partial charge on any atom is -0.396 e. The van der Waals surface area contributed by atoms with E-state index < -0.39 is 0 Å². The Kier molecular flexibility index (Phi) is 6.22. The van der Waals surface area contributed by atoms with Gasteiger partial charge in [0, 0.05) is 18.7 Å². The molecule has 3 heteroatoms. The summed E-state index contributed by atoms with van der Waals surface area (Å²) in [6, 6.07) is 1.12. The molecule has 1 rings (SSSR count). The van der Waals surface area contributed by atoms with Crippen molar-refractivity contribution in [2.24, 2.45) is 11.7 Å². The molecule has 0 aliphatic heterocycles. The summed E-state index contributed by atoms with van der Waals surface area (Å²) in [5.74, 6) is 0.662. The van der Waals surface area contributed by atoms with Gasteiger partial charge in [0.2, 0.25) is 0 Å². The molecule has 1 saturated carbocycles. The average molecular weight is 214 g/mol. The second-order valence-corrected chi connectivity index (χ2v) is 4.82. The van der Waals surface area contributed by atoms with E-state index in [2.05, 4.69) is 12.2 Å². The molecule has 0 aromatic rings. The van der Waals surface area contributed by atoms with Gasteiger partial charge in [-0.15, -0.1) is 0 Å². The van der Waals surface area contributed by atoms with E-state index in [0.29, 0.717) is 24.6 Å². The molecule has 90 valence electrons. The standard InChI is InChI=1S/C12H26N2O/c1-10(5-4-8-15)14-12-7-3-2-6-11(12)9-13/h10-12,14-15H,2-9,13H2,1H3. The highest BCUT2D eigenvalue weighted by atomic mass is 16.2. The number of aliphatic hydroxyl groups is 1. The molecule has 0 saturated heterocycles. The molecule has 3 nitrogen and oxygen atoms in total. The Morgan fingerprint density at radius 1 is 1.40 bits per heavy atom. The van der Waals surface area contributed by atoms with E-state index in [0.717, 1.165) is 19.4 Å². The highest BCUT2D eigenvalue weighted by Gasteiger charge is 2.24. The fourth-order valence-corrected chi connectivity index (χ4v) is 2.56. The molecule has 0 bridgehead atoms. The second-order valence-electron chi connectivity index (χ2n) is 4.82. The minimum atomic E-state index is 0.303. The molecule has 1 fully saturated rings. The maximum atomic E-state index is 8.77. The molecule has 0 spiro atoms. The summed E-state index contributed by atoms with van der Waals surface area (Å²) in [5.41, 5.74) is 5.79. The van der Waals surface area contributed by atoms with Crippen LogP contribution in [0.1, 0.15) is 45.4 Å². The fraction of sp³-hybridized carbons (Fsp3) is 1.00. The van der Waals surface area contributed by atoms with Crippen molar-refractivity contribution < 1.29 is 5.11 Å². The normalized spacial score (nSPS) is 29.0. The fourth-order valence-electron chi connectivity index (χ4n) is 2.56. The zero-order chi connectivity index (χ0) is 11.1. The van der Waals surface area contributed by atoms with Crippen molar-refractivity contribution in [2.45, 2.75) is 57.5 Å². The van der Waals surface area contributed by atoms with Crippen LogP contribution in [-0.4, -0.2) is 30.3 Å². The first-order valence-corrected chi connectivity index (χ1v) is 6.35. The molecule has 1 aliphatic carbocycles. The Morgan fingerprint density at radius 3 is 2.80 bits per heavy atom. The zero-order valence-corrected chi connectivity index (χ0v) is 9.91. The highest BCUT2D eigenvalue weighted by molar-refractivity contribution is 4.83. The van der Waals surface area contributed by atoms with E-state index in [9.17, 15) is 0 Å². The monoisotopic (exact) mass is 214 g/mol. The number of hydrogen-bond donors (Lipinski definition) is 3. The molecular formula is C12H26N2O. The second kappa shape index (κ2) is 7.20. The van der Waals surface area contributed by atoms with Crippen LogP contribution in [0.5, 0.6) is 0 Å². The van der Waals surface area contributed by atoms with Crippen molar-refractivity contribution in [2.75, 3.05) is 13.2 Å². The van der Waals surface area contributed by atoms with Gasteiger partial charge in [0.1, 0.15) is 0 Å². The maximum Gasteiger partial charge on any atom is 0.0431 e. The zero-order valence-electron chi connectivity index (χ0n) is 9.91. The summed E-state index contributed by atoms with van der Waals surface area (Å²) in [4.78, 5) is 0. The summed E-state index contributed by atoms with van der Waals surface area (Å²) in [6.45, 7) is 3.32. The van der Waals surface area contributed by atoms with E-state index in [1.165, 1.54) is 25.7 Å². The third-order valence-corrected chi connectivity index (χ3v) is 3.51. The van der Waals surface area contributed by atoms with Gasteiger partial charge in [-0.05, 0) is 45.1 Å². The van der Waals surface area contributed by atoms with E-state index in [-0.39, 0.29) is 0 Å². The van der Waals surface area contributed by atoms with Crippen molar-refractivity contribution in [1.29, 1.82) is 0 Å². The lowest BCUT2D eigenvalue weighted by Crippen LogP contribution is -2.45. The van der Waals surface area contributed by atoms with Crippen LogP contribution in [0.2, 0.25) is 0 Å². The Labute approximate surface area is 93.4 Å². The lowest BCUT2D eigenvalue weighted by atomic mass is 9.84. The summed E-state index contributed by atoms with van der Waals surface area (Å²) in [7, 11) is 0. The van der Waals surface area contributed by atoms with Gasteiger partial charge in [0.05, 0.1) is 0 Å². The molecule has 0 heterocycles. The molecule has 3 unspecified atom stereocenters. The van der Waals surface area contributed by atoms with E-state index in [4.69, 9.17) is 10.8 Å². The topological polar surface area (TPSA) is 58.3 Å². The molecule has 3 atom stereocenters. The molecule has 4 N–H and O–H groups in total. The lowest BCUT2D eigenvalue weighted by Gasteiger charge is -2.33. The first-order chi connectivity index (χ1) is 7.27. The summed E-state index contributed by atoms with van der Waals surface area (Å²) >= 11 is 0. The lowest BCUT2D eigenvalue weighted by molar-refractivity contribution is 0.234. The number of hydrogen-bond acceptors (Lipinski definition) is 3. The average Bonchev–Trinajstić information content (AvgIpc) is 2.27. The molecule has 0 aromatic heterocycles. The molecule has 0 amide bonds.